The molecule has 3 rings (SSSR count). The van der Waals surface area contributed by atoms with Gasteiger partial charge in [-0.15, -0.1) is 11.3 Å². The summed E-state index contributed by atoms with van der Waals surface area (Å²) in [5, 5.41) is 5.92. The number of aryl methyl sites for hydroxylation is 1. The lowest BCUT2D eigenvalue weighted by Gasteiger charge is -2.35. The number of carbonyl (C=O) groups excluding carboxylic acids is 2. The number of hydrogen-bond donors (Lipinski definition) is 1. The third-order valence-electron chi connectivity index (χ3n) is 5.01. The minimum absolute atomic E-state index is 0.0506. The molecule has 1 saturated heterocycles. The molecule has 1 aromatic heterocycles. The fourth-order valence-electron chi connectivity index (χ4n) is 3.32. The summed E-state index contributed by atoms with van der Waals surface area (Å²) in [5.41, 5.74) is 1.97. The Hall–Kier alpha value is -2.71. The van der Waals surface area contributed by atoms with Gasteiger partial charge in [0.05, 0.1) is 17.8 Å². The van der Waals surface area contributed by atoms with Gasteiger partial charge in [-0.3, -0.25) is 14.5 Å². The first-order valence-corrected chi connectivity index (χ1v) is 10.9. The second kappa shape index (κ2) is 10.4. The highest BCUT2D eigenvalue weighted by Crippen LogP contribution is 2.13. The molecule has 0 spiro atoms. The lowest BCUT2D eigenvalue weighted by Crippen LogP contribution is -2.53. The van der Waals surface area contributed by atoms with Crippen molar-refractivity contribution in [2.75, 3.05) is 33.3 Å². The monoisotopic (exact) mass is 428 g/mol. The van der Waals surface area contributed by atoms with E-state index in [1.54, 1.807) is 31.4 Å². The van der Waals surface area contributed by atoms with E-state index in [2.05, 4.69) is 20.6 Å². The maximum atomic E-state index is 12.7. The minimum atomic E-state index is -0.564. The van der Waals surface area contributed by atoms with Crippen molar-refractivity contribution < 1.29 is 14.3 Å². The maximum absolute atomic E-state index is 12.7. The van der Waals surface area contributed by atoms with Gasteiger partial charge < -0.3 is 15.0 Å². The first-order chi connectivity index (χ1) is 14.4. The van der Waals surface area contributed by atoms with Crippen LogP contribution in [0.15, 0.2) is 35.7 Å². The molecule has 2 aromatic rings. The number of ether oxygens (including phenoxy) is 1. The first kappa shape index (κ1) is 22.0. The molecule has 2 amide bonds. The summed E-state index contributed by atoms with van der Waals surface area (Å²) >= 11 is 1.66. The van der Waals surface area contributed by atoms with E-state index < -0.39 is 6.04 Å². The van der Waals surface area contributed by atoms with Crippen molar-refractivity contribution >= 4 is 29.2 Å². The zero-order valence-corrected chi connectivity index (χ0v) is 18.4. The van der Waals surface area contributed by atoms with Crippen LogP contribution in [0, 0.1) is 6.92 Å². The van der Waals surface area contributed by atoms with Gasteiger partial charge >= 0.3 is 0 Å². The Morgan fingerprint density at radius 2 is 1.93 bits per heavy atom. The summed E-state index contributed by atoms with van der Waals surface area (Å²) in [7, 11) is 1.61. The van der Waals surface area contributed by atoms with Crippen LogP contribution in [0.3, 0.4) is 0 Å². The smallest absolute Gasteiger partial charge is 0.244 e. The summed E-state index contributed by atoms with van der Waals surface area (Å²) in [4.78, 5) is 33.5. The molecule has 1 N–H and O–H groups in total. The highest BCUT2D eigenvalue weighted by Gasteiger charge is 2.25. The van der Waals surface area contributed by atoms with Gasteiger partial charge in [-0.05, 0) is 37.6 Å². The van der Waals surface area contributed by atoms with Crippen LogP contribution in [0.25, 0.3) is 6.08 Å². The molecule has 2 heterocycles. The quantitative estimate of drug-likeness (QED) is 0.685. The molecule has 30 heavy (non-hydrogen) atoms. The number of amides is 2. The topological polar surface area (TPSA) is 74.8 Å². The van der Waals surface area contributed by atoms with Crippen molar-refractivity contribution in [3.63, 3.8) is 0 Å². The molecule has 1 aliphatic heterocycles. The molecular formula is C22H28N4O3S. The van der Waals surface area contributed by atoms with E-state index in [0.717, 1.165) is 41.6 Å². The molecule has 1 fully saturated rings. The average Bonchev–Trinajstić information content (AvgIpc) is 3.17. The van der Waals surface area contributed by atoms with Crippen molar-refractivity contribution in [1.29, 1.82) is 0 Å². The van der Waals surface area contributed by atoms with Crippen LogP contribution in [0.2, 0.25) is 0 Å². The molecule has 0 aliphatic carbocycles. The van der Waals surface area contributed by atoms with Crippen molar-refractivity contribution in [1.82, 2.24) is 20.1 Å². The molecule has 1 aliphatic rings. The van der Waals surface area contributed by atoms with E-state index in [4.69, 9.17) is 4.74 Å². The van der Waals surface area contributed by atoms with Gasteiger partial charge in [-0.2, -0.15) is 0 Å². The molecule has 0 bridgehead atoms. The minimum Gasteiger partial charge on any atom is -0.497 e. The second-order valence-electron chi connectivity index (χ2n) is 7.30. The zero-order valence-electron chi connectivity index (χ0n) is 17.6. The number of methoxy groups -OCH3 is 1. The van der Waals surface area contributed by atoms with Crippen molar-refractivity contribution in [2.45, 2.75) is 26.4 Å². The summed E-state index contributed by atoms with van der Waals surface area (Å²) in [6.45, 7) is 7.47. The zero-order chi connectivity index (χ0) is 21.5. The number of thiazole rings is 1. The van der Waals surface area contributed by atoms with Crippen LogP contribution in [-0.2, 0) is 16.1 Å². The van der Waals surface area contributed by atoms with Crippen LogP contribution in [0.4, 0.5) is 0 Å². The van der Waals surface area contributed by atoms with Crippen molar-refractivity contribution in [3.8, 4) is 5.75 Å². The fourth-order valence-corrected chi connectivity index (χ4v) is 3.92. The standard InChI is InChI=1S/C22H28N4O3S/c1-16(23-21(27)9-6-18-4-7-20(29-3)8-5-18)22(28)26-12-10-25(11-13-26)14-19-15-30-17(2)24-19/h4-9,15-16H,10-14H2,1-3H3,(H,23,27). The Bertz CT molecular complexity index is 886. The molecule has 1 aromatic carbocycles. The van der Waals surface area contributed by atoms with E-state index in [-0.39, 0.29) is 11.8 Å². The predicted molar refractivity (Wildman–Crippen MR) is 118 cm³/mol. The third kappa shape index (κ3) is 6.14. The summed E-state index contributed by atoms with van der Waals surface area (Å²) < 4.78 is 5.12. The van der Waals surface area contributed by atoms with E-state index in [0.29, 0.717) is 13.1 Å². The van der Waals surface area contributed by atoms with Gasteiger partial charge in [0.1, 0.15) is 11.8 Å². The van der Waals surface area contributed by atoms with E-state index >= 15 is 0 Å². The Balaban J connectivity index is 1.43. The van der Waals surface area contributed by atoms with Gasteiger partial charge in [-0.25, -0.2) is 4.98 Å². The molecule has 1 atom stereocenters. The number of piperazine rings is 1. The van der Waals surface area contributed by atoms with Gasteiger partial charge in [0.15, 0.2) is 0 Å². The van der Waals surface area contributed by atoms with Gasteiger partial charge in [0, 0.05) is 44.2 Å². The predicted octanol–water partition coefficient (Wildman–Crippen LogP) is 2.32. The summed E-state index contributed by atoms with van der Waals surface area (Å²) in [6, 6.07) is 6.83. The third-order valence-corrected chi connectivity index (χ3v) is 5.83. The van der Waals surface area contributed by atoms with Gasteiger partial charge in [0.2, 0.25) is 11.8 Å². The van der Waals surface area contributed by atoms with Gasteiger partial charge in [-0.1, -0.05) is 12.1 Å². The van der Waals surface area contributed by atoms with Crippen LogP contribution < -0.4 is 10.1 Å². The van der Waals surface area contributed by atoms with E-state index in [1.807, 2.05) is 36.1 Å². The molecule has 0 radical (unpaired) electrons. The SMILES string of the molecule is COc1ccc(C=CC(=O)NC(C)C(=O)N2CCN(Cc3csc(C)n3)CC2)cc1. The summed E-state index contributed by atoms with van der Waals surface area (Å²) in [6.07, 6.45) is 3.16. The number of rotatable bonds is 7. The molecular weight excluding hydrogens is 400 g/mol. The number of nitrogens with zero attached hydrogens (tertiary/aromatic N) is 3. The Morgan fingerprint density at radius 3 is 2.53 bits per heavy atom. The van der Waals surface area contributed by atoms with E-state index in [1.165, 1.54) is 6.08 Å². The van der Waals surface area contributed by atoms with Crippen molar-refractivity contribution in [2.24, 2.45) is 0 Å². The Kier molecular flexibility index (Phi) is 7.59. The number of carbonyl (C=O) groups is 2. The molecule has 0 saturated carbocycles. The highest BCUT2D eigenvalue weighted by molar-refractivity contribution is 7.09. The average molecular weight is 429 g/mol. The first-order valence-electron chi connectivity index (χ1n) is 9.99. The van der Waals surface area contributed by atoms with Crippen molar-refractivity contribution in [3.05, 3.63) is 52.0 Å². The molecule has 160 valence electrons. The number of nitrogens with one attached hydrogen (secondary N) is 1. The molecule has 1 unspecified atom stereocenters. The largest absolute Gasteiger partial charge is 0.497 e. The van der Waals surface area contributed by atoms with E-state index in [9.17, 15) is 9.59 Å². The van der Waals surface area contributed by atoms with Crippen LogP contribution in [-0.4, -0.2) is 65.9 Å². The Morgan fingerprint density at radius 1 is 1.23 bits per heavy atom. The number of aromatic nitrogens is 1. The lowest BCUT2D eigenvalue weighted by atomic mass is 10.2. The highest BCUT2D eigenvalue weighted by atomic mass is 32.1. The molecule has 8 heteroatoms. The van der Waals surface area contributed by atoms with Crippen LogP contribution in [0.1, 0.15) is 23.2 Å². The lowest BCUT2D eigenvalue weighted by molar-refractivity contribution is -0.136. The van der Waals surface area contributed by atoms with Crippen LogP contribution in [0.5, 0.6) is 5.75 Å². The maximum Gasteiger partial charge on any atom is 0.244 e. The Labute approximate surface area is 181 Å². The number of hydrogen-bond acceptors (Lipinski definition) is 6. The normalized spacial score (nSPS) is 15.9. The fraction of sp³-hybridized carbons (Fsp3) is 0.409. The van der Waals surface area contributed by atoms with Gasteiger partial charge in [0.25, 0.3) is 0 Å². The second-order valence-corrected chi connectivity index (χ2v) is 8.36. The van der Waals surface area contributed by atoms with Crippen LogP contribution >= 0.6 is 11.3 Å². The number of benzene rings is 1. The summed E-state index contributed by atoms with van der Waals surface area (Å²) in [5.74, 6) is 0.423. The molecule has 7 nitrogen and oxygen atoms in total.